The molecule has 330 valence electrons. The Kier molecular flexibility index (Phi) is 22.1. The largest absolute Gasteiger partial charge is 0.394 e. The Labute approximate surface area is 330 Å². The van der Waals surface area contributed by atoms with Crippen molar-refractivity contribution < 1.29 is 94.5 Å². The van der Waals surface area contributed by atoms with Crippen molar-refractivity contribution in [3.8, 4) is 0 Å². The van der Waals surface area contributed by atoms with Crippen molar-refractivity contribution in [2.24, 2.45) is 0 Å². The van der Waals surface area contributed by atoms with Crippen molar-refractivity contribution >= 4 is 17.7 Å². The van der Waals surface area contributed by atoms with E-state index in [2.05, 4.69) is 12.2 Å². The smallest absolute Gasteiger partial charge is 0.221 e. The summed E-state index contributed by atoms with van der Waals surface area (Å²) in [5, 5.41) is 126. The van der Waals surface area contributed by atoms with Gasteiger partial charge in [-0.25, -0.2) is 0 Å². The van der Waals surface area contributed by atoms with E-state index in [9.17, 15) is 66.1 Å². The maximum Gasteiger partial charge on any atom is 0.221 e. The van der Waals surface area contributed by atoms with E-state index in [1.54, 1.807) is 11.8 Å². The van der Waals surface area contributed by atoms with E-state index < -0.39 is 143 Å². The lowest BCUT2D eigenvalue weighted by Crippen LogP contribution is -2.65. The van der Waals surface area contributed by atoms with Crippen LogP contribution >= 0.6 is 11.8 Å². The Balaban J connectivity index is 1.82. The number of aliphatic hydroxyl groups excluding tert-OH is 12. The number of nitrogens with one attached hydrogen (secondary N) is 1. The summed E-state index contributed by atoms with van der Waals surface area (Å²) in [6.45, 7) is -2.31. The molecule has 3 saturated heterocycles. The van der Waals surface area contributed by atoms with Crippen LogP contribution in [0.3, 0.4) is 0 Å². The molecule has 0 aliphatic carbocycles. The second-order valence-corrected chi connectivity index (χ2v) is 15.9. The van der Waals surface area contributed by atoms with Gasteiger partial charge in [-0.15, -0.1) is 0 Å². The van der Waals surface area contributed by atoms with E-state index in [0.717, 1.165) is 25.0 Å². The number of aliphatic hydroxyl groups is 12. The second-order valence-electron chi connectivity index (χ2n) is 14.7. The summed E-state index contributed by atoms with van der Waals surface area (Å²) in [6, 6.07) is 0. The van der Waals surface area contributed by atoms with E-state index in [1.807, 2.05) is 0 Å². The van der Waals surface area contributed by atoms with Crippen molar-refractivity contribution in [2.75, 3.05) is 51.1 Å². The van der Waals surface area contributed by atoms with Gasteiger partial charge in [-0.05, 0) is 12.2 Å². The summed E-state index contributed by atoms with van der Waals surface area (Å²) in [4.78, 5) is 13.6. The Morgan fingerprint density at radius 3 is 1.25 bits per heavy atom. The molecule has 3 aliphatic rings. The zero-order chi connectivity index (χ0) is 41.4. The van der Waals surface area contributed by atoms with Gasteiger partial charge in [-0.3, -0.25) is 4.79 Å². The molecular weight excluding hydrogens is 770 g/mol. The van der Waals surface area contributed by atoms with Gasteiger partial charge in [-0.1, -0.05) is 51.9 Å². The van der Waals surface area contributed by atoms with Crippen molar-refractivity contribution in [1.82, 2.24) is 5.32 Å². The predicted molar refractivity (Wildman–Crippen MR) is 195 cm³/mol. The Hall–Kier alpha value is -0.900. The number of ether oxygens (including phenoxy) is 6. The molecule has 3 rings (SSSR count). The molecule has 3 aliphatic heterocycles. The normalized spacial score (nSPS) is 36.8. The molecule has 0 unspecified atom stereocenters. The lowest BCUT2D eigenvalue weighted by Gasteiger charge is -2.44. The SMILES string of the molecule is CCCCCCCCCCSCCC(=O)NC(CO[C@@H]1O[C@H](CO)[C@@H](O)[C@H](O)[C@H]1O)(CO[C@@H]1O[C@H](CO)[C@@H](O)[C@H](O)[C@H]1O)CO[C@@H]1O[C@H](CO)[C@@H](O)[C@H](O)[C@H]1O. The molecule has 0 saturated carbocycles. The van der Waals surface area contributed by atoms with Crippen LogP contribution in [-0.2, 0) is 33.2 Å². The van der Waals surface area contributed by atoms with Crippen LogP contribution in [0, 0.1) is 0 Å². The molecule has 20 nitrogen and oxygen atoms in total. The number of amides is 1. The Morgan fingerprint density at radius 2 is 0.893 bits per heavy atom. The van der Waals surface area contributed by atoms with Crippen LogP contribution in [-0.4, -0.2) is 216 Å². The summed E-state index contributed by atoms with van der Waals surface area (Å²) in [5.41, 5.74) is -1.93. The van der Waals surface area contributed by atoms with Gasteiger partial charge >= 0.3 is 0 Å². The van der Waals surface area contributed by atoms with Crippen molar-refractivity contribution in [1.29, 1.82) is 0 Å². The van der Waals surface area contributed by atoms with Gasteiger partial charge < -0.3 is 95.0 Å². The van der Waals surface area contributed by atoms with Gasteiger partial charge in [0.05, 0.1) is 39.6 Å². The molecule has 13 N–H and O–H groups in total. The topological polar surface area (TPSA) is 327 Å². The van der Waals surface area contributed by atoms with Crippen LogP contribution in [0.1, 0.15) is 64.7 Å². The van der Waals surface area contributed by atoms with Gasteiger partial charge in [-0.2, -0.15) is 11.8 Å². The van der Waals surface area contributed by atoms with Crippen LogP contribution in [0.15, 0.2) is 0 Å². The van der Waals surface area contributed by atoms with Gasteiger partial charge in [0.15, 0.2) is 18.9 Å². The average molecular weight is 836 g/mol. The molecule has 56 heavy (non-hydrogen) atoms. The highest BCUT2D eigenvalue weighted by molar-refractivity contribution is 7.99. The molecule has 3 fully saturated rings. The number of unbranched alkanes of at least 4 members (excludes halogenated alkanes) is 7. The highest BCUT2D eigenvalue weighted by Crippen LogP contribution is 2.28. The van der Waals surface area contributed by atoms with E-state index in [0.29, 0.717) is 5.75 Å². The summed E-state index contributed by atoms with van der Waals surface area (Å²) in [7, 11) is 0. The first-order valence-electron chi connectivity index (χ1n) is 19.4. The van der Waals surface area contributed by atoms with Crippen LogP contribution in [0.2, 0.25) is 0 Å². The van der Waals surface area contributed by atoms with Gasteiger partial charge in [0.2, 0.25) is 5.91 Å². The van der Waals surface area contributed by atoms with Crippen LogP contribution in [0.5, 0.6) is 0 Å². The fraction of sp³-hybridized carbons (Fsp3) is 0.971. The molecule has 0 aromatic carbocycles. The van der Waals surface area contributed by atoms with E-state index in [4.69, 9.17) is 28.4 Å². The predicted octanol–water partition coefficient (Wildman–Crippen LogP) is -4.45. The third kappa shape index (κ3) is 14.1. The maximum atomic E-state index is 13.6. The number of hydrogen-bond donors (Lipinski definition) is 13. The van der Waals surface area contributed by atoms with Crippen molar-refractivity contribution in [3.05, 3.63) is 0 Å². The molecule has 0 aromatic heterocycles. The number of carbonyl (C=O) groups excluding carboxylic acids is 1. The molecule has 0 aromatic rings. The highest BCUT2D eigenvalue weighted by atomic mass is 32.2. The number of rotatable bonds is 25. The van der Waals surface area contributed by atoms with Gasteiger partial charge in [0, 0.05) is 12.2 Å². The average Bonchev–Trinajstić information content (AvgIpc) is 3.19. The minimum Gasteiger partial charge on any atom is -0.394 e. The summed E-state index contributed by atoms with van der Waals surface area (Å²) < 4.78 is 33.9. The monoisotopic (exact) mass is 835 g/mol. The van der Waals surface area contributed by atoms with Crippen molar-refractivity contribution in [2.45, 2.75) is 162 Å². The minimum atomic E-state index is -1.93. The Bertz CT molecular complexity index is 998. The standard InChI is InChI=1S/C35H65NO19S/c1-2-3-4-5-6-7-8-9-11-56-12-10-22(40)36-35(16-50-32-29(47)26(44)23(41)19(13-37)53-32,17-51-33-30(48)27(45)24(42)20(14-38)54-33)18-52-34-31(49)28(46)25(43)21(15-39)55-34/h19-21,23-34,37-39,41-49H,2-18H2,1H3,(H,36,40)/t19-,20-,21-,23-,24-,25-,26+,27+,28+,29-,30-,31-,32-,33-,34-/m1/s1. The molecule has 3 heterocycles. The van der Waals surface area contributed by atoms with Crippen molar-refractivity contribution in [3.63, 3.8) is 0 Å². The maximum absolute atomic E-state index is 13.6. The summed E-state index contributed by atoms with van der Waals surface area (Å²) in [5.74, 6) is 0.627. The number of hydrogen-bond acceptors (Lipinski definition) is 20. The minimum absolute atomic E-state index is 0.0381. The zero-order valence-electron chi connectivity index (χ0n) is 31.8. The first-order valence-corrected chi connectivity index (χ1v) is 20.5. The third-order valence-corrected chi connectivity index (χ3v) is 11.2. The highest BCUT2D eigenvalue weighted by Gasteiger charge is 2.49. The van der Waals surface area contributed by atoms with E-state index in [-0.39, 0.29) is 6.42 Å². The summed E-state index contributed by atoms with van der Waals surface area (Å²) >= 11 is 1.56. The quantitative estimate of drug-likeness (QED) is 0.0386. The van der Waals surface area contributed by atoms with Crippen LogP contribution in [0.4, 0.5) is 0 Å². The Morgan fingerprint density at radius 1 is 0.536 bits per heavy atom. The number of thioether (sulfide) groups is 1. The second kappa shape index (κ2) is 25.0. The van der Waals surface area contributed by atoms with Crippen LogP contribution < -0.4 is 5.32 Å². The summed E-state index contributed by atoms with van der Waals surface area (Å²) in [6.07, 6.45) is -16.3. The molecule has 0 spiro atoms. The molecule has 0 radical (unpaired) electrons. The van der Waals surface area contributed by atoms with Crippen LogP contribution in [0.25, 0.3) is 0 Å². The van der Waals surface area contributed by atoms with Gasteiger partial charge in [0.1, 0.15) is 78.8 Å². The molecule has 21 heteroatoms. The molecular formula is C35H65NO19S. The van der Waals surface area contributed by atoms with Gasteiger partial charge in [0.25, 0.3) is 0 Å². The number of carbonyl (C=O) groups is 1. The fourth-order valence-electron chi connectivity index (χ4n) is 6.54. The first kappa shape index (κ1) is 49.5. The lowest BCUT2D eigenvalue weighted by molar-refractivity contribution is -0.324. The van der Waals surface area contributed by atoms with E-state index >= 15 is 0 Å². The molecule has 1 amide bonds. The first-order chi connectivity index (χ1) is 26.7. The molecule has 0 bridgehead atoms. The molecule has 15 atom stereocenters. The fourth-order valence-corrected chi connectivity index (χ4v) is 7.48. The third-order valence-electron chi connectivity index (χ3n) is 10.1. The zero-order valence-corrected chi connectivity index (χ0v) is 32.6. The van der Waals surface area contributed by atoms with E-state index in [1.165, 1.54) is 32.1 Å². The lowest BCUT2D eigenvalue weighted by atomic mass is 9.98.